The topological polar surface area (TPSA) is 107 Å². The van der Waals surface area contributed by atoms with Crippen LogP contribution in [-0.4, -0.2) is 63.8 Å². The number of thioether (sulfide) groups is 1. The van der Waals surface area contributed by atoms with E-state index in [4.69, 9.17) is 4.74 Å². The summed E-state index contributed by atoms with van der Waals surface area (Å²) in [6, 6.07) is 27.9. The van der Waals surface area contributed by atoms with Crippen LogP contribution in [0.1, 0.15) is 15.9 Å². The summed E-state index contributed by atoms with van der Waals surface area (Å²) in [7, 11) is 1.59. The van der Waals surface area contributed by atoms with Crippen molar-refractivity contribution in [2.75, 3.05) is 38.2 Å². The zero-order valence-corrected chi connectivity index (χ0v) is 25.2. The number of nitrogens with zero attached hydrogens (tertiary/aromatic N) is 6. The molecule has 12 heteroatoms. The molecule has 1 aliphatic rings. The second-order valence-corrected chi connectivity index (χ2v) is 11.3. The average molecular weight is 625 g/mol. The van der Waals surface area contributed by atoms with E-state index in [0.717, 1.165) is 11.3 Å². The first kappa shape index (κ1) is 29.8. The fourth-order valence-electron chi connectivity index (χ4n) is 5.25. The van der Waals surface area contributed by atoms with Gasteiger partial charge in [0.05, 0.1) is 23.4 Å². The maximum atomic E-state index is 14.2. The van der Waals surface area contributed by atoms with Gasteiger partial charge in [0, 0.05) is 55.2 Å². The van der Waals surface area contributed by atoms with Gasteiger partial charge in [-0.05, 0) is 54.1 Å². The van der Waals surface area contributed by atoms with Gasteiger partial charge in [-0.1, -0.05) is 48.2 Å². The number of halogens is 1. The molecule has 1 saturated heterocycles. The van der Waals surface area contributed by atoms with Gasteiger partial charge in [0.15, 0.2) is 11.0 Å². The van der Waals surface area contributed by atoms with E-state index in [1.165, 1.54) is 30.0 Å². The minimum absolute atomic E-state index is 0.0107. The van der Waals surface area contributed by atoms with Crippen molar-refractivity contribution >= 4 is 29.0 Å². The van der Waals surface area contributed by atoms with E-state index in [2.05, 4.69) is 10.2 Å². The lowest BCUT2D eigenvalue weighted by Crippen LogP contribution is -2.49. The Hall–Kier alpha value is -5.23. The Morgan fingerprint density at radius 1 is 0.889 bits per heavy atom. The number of hydrogen-bond acceptors (Lipinski definition) is 8. The molecule has 4 aromatic carbocycles. The number of non-ortho nitro benzene ring substituents is 1. The summed E-state index contributed by atoms with van der Waals surface area (Å²) >= 11 is 1.47. The molecule has 1 fully saturated rings. The number of benzene rings is 4. The molecule has 1 aromatic heterocycles. The van der Waals surface area contributed by atoms with E-state index < -0.39 is 4.92 Å². The second-order valence-electron chi connectivity index (χ2n) is 10.3. The van der Waals surface area contributed by atoms with Crippen LogP contribution in [0.5, 0.6) is 5.75 Å². The van der Waals surface area contributed by atoms with Crippen LogP contribution < -0.4 is 9.64 Å². The number of hydrogen-bond donors (Lipinski definition) is 0. The Kier molecular flexibility index (Phi) is 8.74. The molecule has 0 aliphatic carbocycles. The number of piperazine rings is 1. The van der Waals surface area contributed by atoms with Gasteiger partial charge in [-0.2, -0.15) is 0 Å². The Bertz CT molecular complexity index is 1820. The Morgan fingerprint density at radius 3 is 2.22 bits per heavy atom. The lowest BCUT2D eigenvalue weighted by Gasteiger charge is -2.36. The van der Waals surface area contributed by atoms with Gasteiger partial charge in [-0.15, -0.1) is 10.2 Å². The number of para-hydroxylation sites is 3. The average Bonchev–Trinajstić information content (AvgIpc) is 3.51. The van der Waals surface area contributed by atoms with Crippen molar-refractivity contribution in [3.63, 3.8) is 0 Å². The van der Waals surface area contributed by atoms with Crippen molar-refractivity contribution < 1.29 is 18.8 Å². The first-order valence-corrected chi connectivity index (χ1v) is 15.3. The number of rotatable bonds is 9. The van der Waals surface area contributed by atoms with Gasteiger partial charge >= 0.3 is 0 Å². The molecule has 1 aliphatic heterocycles. The summed E-state index contributed by atoms with van der Waals surface area (Å²) in [5.41, 5.74) is 3.55. The zero-order valence-electron chi connectivity index (χ0n) is 24.4. The third-order valence-corrected chi connectivity index (χ3v) is 8.62. The van der Waals surface area contributed by atoms with Crippen LogP contribution in [0.15, 0.2) is 102 Å². The van der Waals surface area contributed by atoms with Crippen LogP contribution in [0.4, 0.5) is 15.8 Å². The number of anilines is 1. The largest absolute Gasteiger partial charge is 0.495 e. The van der Waals surface area contributed by atoms with E-state index in [-0.39, 0.29) is 17.4 Å². The van der Waals surface area contributed by atoms with Gasteiger partial charge in [0.25, 0.3) is 11.6 Å². The Morgan fingerprint density at radius 2 is 1.56 bits per heavy atom. The maximum absolute atomic E-state index is 14.2. The van der Waals surface area contributed by atoms with E-state index in [1.54, 1.807) is 36.3 Å². The first-order valence-electron chi connectivity index (χ1n) is 14.3. The van der Waals surface area contributed by atoms with Crippen LogP contribution in [0.3, 0.4) is 0 Å². The third-order valence-electron chi connectivity index (χ3n) is 7.62. The van der Waals surface area contributed by atoms with Crippen LogP contribution in [0.2, 0.25) is 0 Å². The Balaban J connectivity index is 1.16. The van der Waals surface area contributed by atoms with Crippen molar-refractivity contribution in [3.8, 4) is 22.8 Å². The van der Waals surface area contributed by atoms with Crippen molar-refractivity contribution in [2.45, 2.75) is 10.9 Å². The highest BCUT2D eigenvalue weighted by Gasteiger charge is 2.24. The van der Waals surface area contributed by atoms with Crippen molar-refractivity contribution in [1.29, 1.82) is 0 Å². The number of nitro benzene ring substituents is 1. The molecule has 0 spiro atoms. The second kappa shape index (κ2) is 13.2. The van der Waals surface area contributed by atoms with Crippen LogP contribution in [-0.2, 0) is 5.75 Å². The molecule has 5 aromatic rings. The monoisotopic (exact) mass is 624 g/mol. The van der Waals surface area contributed by atoms with E-state index in [9.17, 15) is 19.3 Å². The molecular formula is C33H29FN6O4S. The molecule has 45 heavy (non-hydrogen) atoms. The molecule has 0 unspecified atom stereocenters. The van der Waals surface area contributed by atoms with E-state index in [0.29, 0.717) is 65.5 Å². The highest BCUT2D eigenvalue weighted by Crippen LogP contribution is 2.34. The summed E-state index contributed by atoms with van der Waals surface area (Å²) in [6.07, 6.45) is 0. The molecule has 2 heterocycles. The SMILES string of the molecule is COc1ccccc1-n1c(SCc2ccc(C(=O)N3CCN(c4ccccc4F)CC3)cc2)nnc1-c1ccc([N+](=O)[O-])cc1. The van der Waals surface area contributed by atoms with Crippen molar-refractivity contribution in [3.05, 3.63) is 124 Å². The van der Waals surface area contributed by atoms with Gasteiger partial charge in [-0.3, -0.25) is 19.5 Å². The molecular weight excluding hydrogens is 595 g/mol. The van der Waals surface area contributed by atoms with Crippen molar-refractivity contribution in [2.24, 2.45) is 0 Å². The van der Waals surface area contributed by atoms with Gasteiger partial charge in [0.1, 0.15) is 11.6 Å². The predicted molar refractivity (Wildman–Crippen MR) is 171 cm³/mol. The van der Waals surface area contributed by atoms with Gasteiger partial charge in [0.2, 0.25) is 0 Å². The summed E-state index contributed by atoms with van der Waals surface area (Å²) in [5, 5.41) is 20.7. The quantitative estimate of drug-likeness (QED) is 0.108. The van der Waals surface area contributed by atoms with Gasteiger partial charge < -0.3 is 14.5 Å². The number of ether oxygens (including phenoxy) is 1. The maximum Gasteiger partial charge on any atom is 0.269 e. The highest BCUT2D eigenvalue weighted by atomic mass is 32.2. The molecule has 0 radical (unpaired) electrons. The fourth-order valence-corrected chi connectivity index (χ4v) is 6.15. The molecule has 0 atom stereocenters. The first-order chi connectivity index (χ1) is 21.9. The number of carbonyl (C=O) groups excluding carboxylic acids is 1. The number of aromatic nitrogens is 3. The van der Waals surface area contributed by atoms with Crippen LogP contribution >= 0.6 is 11.8 Å². The minimum Gasteiger partial charge on any atom is -0.495 e. The molecule has 10 nitrogen and oxygen atoms in total. The summed E-state index contributed by atoms with van der Waals surface area (Å²) in [5.74, 6) is 1.40. The summed E-state index contributed by atoms with van der Waals surface area (Å²) < 4.78 is 21.7. The molecule has 1 amide bonds. The molecule has 0 bridgehead atoms. The molecule has 0 N–H and O–H groups in total. The lowest BCUT2D eigenvalue weighted by atomic mass is 10.1. The van der Waals surface area contributed by atoms with E-state index in [1.807, 2.05) is 64.1 Å². The molecule has 228 valence electrons. The summed E-state index contributed by atoms with van der Waals surface area (Å²) in [6.45, 7) is 2.16. The number of carbonyl (C=O) groups is 1. The highest BCUT2D eigenvalue weighted by molar-refractivity contribution is 7.98. The Labute approximate surface area is 263 Å². The smallest absolute Gasteiger partial charge is 0.269 e. The third kappa shape index (κ3) is 6.36. The van der Waals surface area contributed by atoms with Crippen LogP contribution in [0, 0.1) is 15.9 Å². The predicted octanol–water partition coefficient (Wildman–Crippen LogP) is 6.24. The van der Waals surface area contributed by atoms with E-state index >= 15 is 0 Å². The number of methoxy groups -OCH3 is 1. The number of amides is 1. The van der Waals surface area contributed by atoms with Crippen LogP contribution in [0.25, 0.3) is 17.1 Å². The molecule has 0 saturated carbocycles. The lowest BCUT2D eigenvalue weighted by molar-refractivity contribution is -0.384. The normalized spacial score (nSPS) is 13.1. The molecule has 6 rings (SSSR count). The fraction of sp³-hybridized carbons (Fsp3) is 0.182. The minimum atomic E-state index is -0.441. The number of nitro groups is 1. The van der Waals surface area contributed by atoms with Crippen molar-refractivity contribution in [1.82, 2.24) is 19.7 Å². The standard InChI is InChI=1S/C33H29FN6O4S/c1-44-30-9-5-4-8-29(30)39-31(24-14-16-26(17-15-24)40(42)43)35-36-33(39)45-22-23-10-12-25(13-11-23)32(41)38-20-18-37(19-21-38)28-7-3-2-6-27(28)34/h2-17H,18-22H2,1H3. The van der Waals surface area contributed by atoms with Gasteiger partial charge in [-0.25, -0.2) is 4.39 Å². The summed E-state index contributed by atoms with van der Waals surface area (Å²) in [4.78, 5) is 27.7. The zero-order chi connectivity index (χ0) is 31.3.